The number of amides is 1. The average molecular weight is 390 g/mol. The highest BCUT2D eigenvalue weighted by atomic mass is 32.1. The van der Waals surface area contributed by atoms with Gasteiger partial charge in [0.25, 0.3) is 0 Å². The average Bonchev–Trinajstić information content (AvgIpc) is 2.95. The number of nitrogens with zero attached hydrogens (tertiary/aromatic N) is 2. The molecule has 0 aliphatic carbocycles. The first-order chi connectivity index (χ1) is 12.9. The van der Waals surface area contributed by atoms with Gasteiger partial charge in [-0.25, -0.2) is 4.98 Å². The van der Waals surface area contributed by atoms with E-state index in [1.165, 1.54) is 11.8 Å². The molecule has 0 saturated carbocycles. The van der Waals surface area contributed by atoms with Crippen molar-refractivity contribution in [2.24, 2.45) is 4.99 Å². The van der Waals surface area contributed by atoms with Crippen molar-refractivity contribution in [1.82, 2.24) is 15.6 Å². The molecule has 0 fully saturated rings. The molecule has 0 saturated heterocycles. The van der Waals surface area contributed by atoms with Crippen LogP contribution in [-0.4, -0.2) is 37.6 Å². The molecule has 0 aliphatic heterocycles. The van der Waals surface area contributed by atoms with Crippen molar-refractivity contribution >= 4 is 28.9 Å². The Morgan fingerprint density at radius 2 is 2.07 bits per heavy atom. The first kappa shape index (κ1) is 20.7. The predicted molar refractivity (Wildman–Crippen MR) is 111 cm³/mol. The van der Waals surface area contributed by atoms with Crippen LogP contribution in [0.1, 0.15) is 28.1 Å². The molecule has 0 bridgehead atoms. The molecule has 0 spiro atoms. The van der Waals surface area contributed by atoms with Gasteiger partial charge in [-0.05, 0) is 31.5 Å². The summed E-state index contributed by atoms with van der Waals surface area (Å²) < 4.78 is 5.28. The predicted octanol–water partition coefficient (Wildman–Crippen LogP) is 2.63. The topological polar surface area (TPSA) is 87.6 Å². The fourth-order valence-electron chi connectivity index (χ4n) is 2.49. The lowest BCUT2D eigenvalue weighted by molar-refractivity contribution is -0.114. The number of rotatable bonds is 7. The summed E-state index contributed by atoms with van der Waals surface area (Å²) >= 11 is 1.74. The van der Waals surface area contributed by atoms with Crippen LogP contribution in [0.4, 0.5) is 5.69 Å². The molecule has 0 unspecified atom stereocenters. The highest BCUT2D eigenvalue weighted by Gasteiger charge is 2.07. The maximum atomic E-state index is 11.3. The normalized spacial score (nSPS) is 11.2. The van der Waals surface area contributed by atoms with Gasteiger partial charge in [-0.2, -0.15) is 0 Å². The van der Waals surface area contributed by atoms with Crippen molar-refractivity contribution in [3.8, 4) is 5.75 Å². The summed E-state index contributed by atoms with van der Waals surface area (Å²) in [6, 6.07) is 5.68. The molecule has 0 atom stereocenters. The largest absolute Gasteiger partial charge is 0.495 e. The van der Waals surface area contributed by atoms with Crippen molar-refractivity contribution < 1.29 is 9.53 Å². The molecular formula is C19H27N5O2S. The molecule has 27 heavy (non-hydrogen) atoms. The van der Waals surface area contributed by atoms with Crippen LogP contribution in [-0.2, 0) is 17.8 Å². The smallest absolute Gasteiger partial charge is 0.221 e. The molecule has 1 heterocycles. The highest BCUT2D eigenvalue weighted by Crippen LogP contribution is 2.25. The van der Waals surface area contributed by atoms with Gasteiger partial charge >= 0.3 is 0 Å². The molecule has 1 amide bonds. The minimum Gasteiger partial charge on any atom is -0.495 e. The number of hydrogen-bond donors (Lipinski definition) is 3. The lowest BCUT2D eigenvalue weighted by atomic mass is 10.2. The second kappa shape index (κ2) is 9.91. The minimum absolute atomic E-state index is 0.136. The molecule has 1 aromatic carbocycles. The number of carbonyl (C=O) groups is 1. The Hall–Kier alpha value is -2.61. The van der Waals surface area contributed by atoms with Crippen LogP contribution in [0.15, 0.2) is 23.2 Å². The van der Waals surface area contributed by atoms with Crippen LogP contribution in [0.2, 0.25) is 0 Å². The number of aryl methyl sites for hydroxylation is 2. The summed E-state index contributed by atoms with van der Waals surface area (Å²) in [6.45, 7) is 6.93. The Bertz CT molecular complexity index is 797. The third-order valence-corrected chi connectivity index (χ3v) is 5.09. The lowest BCUT2D eigenvalue weighted by Crippen LogP contribution is -2.37. The Morgan fingerprint density at radius 3 is 2.67 bits per heavy atom. The van der Waals surface area contributed by atoms with E-state index in [1.807, 2.05) is 25.1 Å². The van der Waals surface area contributed by atoms with E-state index in [-0.39, 0.29) is 5.91 Å². The number of hydrogen-bond acceptors (Lipinski definition) is 5. The Balaban J connectivity index is 1.88. The van der Waals surface area contributed by atoms with Crippen LogP contribution in [0.5, 0.6) is 5.75 Å². The van der Waals surface area contributed by atoms with E-state index in [9.17, 15) is 4.79 Å². The number of thiazole rings is 1. The number of nitrogens with one attached hydrogen (secondary N) is 3. The lowest BCUT2D eigenvalue weighted by Gasteiger charge is -2.14. The van der Waals surface area contributed by atoms with Crippen LogP contribution >= 0.6 is 11.3 Å². The summed E-state index contributed by atoms with van der Waals surface area (Å²) in [4.78, 5) is 21.4. The Morgan fingerprint density at radius 1 is 1.30 bits per heavy atom. The SMILES string of the molecule is CN=C(NCCc1nc(C)c(C)s1)NCc1ccc(OC)c(NC(C)=O)c1. The first-order valence-electron chi connectivity index (χ1n) is 8.75. The van der Waals surface area contributed by atoms with E-state index < -0.39 is 0 Å². The molecular weight excluding hydrogens is 362 g/mol. The molecule has 2 aromatic rings. The number of guanidine groups is 1. The second-order valence-corrected chi connectivity index (χ2v) is 7.36. The molecule has 7 nitrogen and oxygen atoms in total. The van der Waals surface area contributed by atoms with Gasteiger partial charge in [0.2, 0.25) is 5.91 Å². The van der Waals surface area contributed by atoms with Gasteiger partial charge in [-0.15, -0.1) is 11.3 Å². The van der Waals surface area contributed by atoms with Crippen LogP contribution in [0.25, 0.3) is 0 Å². The third kappa shape index (κ3) is 6.25. The van der Waals surface area contributed by atoms with E-state index in [0.717, 1.165) is 35.2 Å². The quantitative estimate of drug-likeness (QED) is 0.500. The number of ether oxygens (including phenoxy) is 1. The van der Waals surface area contributed by atoms with Crippen LogP contribution < -0.4 is 20.7 Å². The van der Waals surface area contributed by atoms with Gasteiger partial charge in [0.15, 0.2) is 5.96 Å². The zero-order chi connectivity index (χ0) is 19.8. The van der Waals surface area contributed by atoms with E-state index in [1.54, 1.807) is 25.5 Å². The summed E-state index contributed by atoms with van der Waals surface area (Å²) in [7, 11) is 3.32. The number of carbonyl (C=O) groups excluding carboxylic acids is 1. The second-order valence-electron chi connectivity index (χ2n) is 6.07. The molecule has 0 radical (unpaired) electrons. The maximum absolute atomic E-state index is 11.3. The van der Waals surface area contributed by atoms with Crippen molar-refractivity contribution in [2.75, 3.05) is 26.0 Å². The van der Waals surface area contributed by atoms with E-state index >= 15 is 0 Å². The molecule has 146 valence electrons. The standard InChI is InChI=1S/C19H27N5O2S/c1-12-13(2)27-18(23-12)8-9-21-19(20-4)22-11-15-6-7-17(26-5)16(10-15)24-14(3)25/h6-7,10H,8-9,11H2,1-5H3,(H,24,25)(H2,20,21,22). The van der Waals surface area contributed by atoms with Gasteiger partial charge < -0.3 is 20.7 Å². The molecule has 0 aliphatic rings. The van der Waals surface area contributed by atoms with Gasteiger partial charge in [0.1, 0.15) is 5.75 Å². The zero-order valence-electron chi connectivity index (χ0n) is 16.5. The van der Waals surface area contributed by atoms with Gasteiger partial charge in [0, 0.05) is 38.4 Å². The number of methoxy groups -OCH3 is 1. The molecule has 8 heteroatoms. The fourth-order valence-corrected chi connectivity index (χ4v) is 3.43. The number of aliphatic imine (C=N–C) groups is 1. The van der Waals surface area contributed by atoms with E-state index in [2.05, 4.69) is 32.9 Å². The zero-order valence-corrected chi connectivity index (χ0v) is 17.3. The summed E-state index contributed by atoms with van der Waals surface area (Å²) in [5, 5.41) is 10.5. The van der Waals surface area contributed by atoms with E-state index in [4.69, 9.17) is 4.74 Å². The first-order valence-corrected chi connectivity index (χ1v) is 9.56. The Kier molecular flexibility index (Phi) is 7.60. The van der Waals surface area contributed by atoms with Gasteiger partial charge in [-0.3, -0.25) is 9.79 Å². The van der Waals surface area contributed by atoms with Crippen LogP contribution in [0.3, 0.4) is 0 Å². The third-order valence-electron chi connectivity index (χ3n) is 3.96. The van der Waals surface area contributed by atoms with Crippen molar-refractivity contribution in [3.05, 3.63) is 39.3 Å². The van der Waals surface area contributed by atoms with Crippen molar-refractivity contribution in [3.63, 3.8) is 0 Å². The molecule has 1 aromatic heterocycles. The van der Waals surface area contributed by atoms with Crippen LogP contribution in [0, 0.1) is 13.8 Å². The van der Waals surface area contributed by atoms with Gasteiger partial charge in [0.05, 0.1) is 23.5 Å². The summed E-state index contributed by atoms with van der Waals surface area (Å²) in [5.41, 5.74) is 2.77. The summed E-state index contributed by atoms with van der Waals surface area (Å²) in [6.07, 6.45) is 0.856. The number of anilines is 1. The Labute approximate surface area is 164 Å². The highest BCUT2D eigenvalue weighted by molar-refractivity contribution is 7.11. The van der Waals surface area contributed by atoms with Gasteiger partial charge in [-0.1, -0.05) is 6.07 Å². The number of benzene rings is 1. The molecule has 2 rings (SSSR count). The molecule has 3 N–H and O–H groups in total. The van der Waals surface area contributed by atoms with Crippen molar-refractivity contribution in [2.45, 2.75) is 33.7 Å². The summed E-state index contributed by atoms with van der Waals surface area (Å²) in [5.74, 6) is 1.21. The fraction of sp³-hybridized carbons (Fsp3) is 0.421. The maximum Gasteiger partial charge on any atom is 0.221 e. The van der Waals surface area contributed by atoms with E-state index in [0.29, 0.717) is 18.0 Å². The minimum atomic E-state index is -0.136. The monoisotopic (exact) mass is 389 g/mol. The number of aromatic nitrogens is 1. The van der Waals surface area contributed by atoms with Crippen molar-refractivity contribution in [1.29, 1.82) is 0 Å².